The minimum Gasteiger partial charge on any atom is -0.478 e. The van der Waals surface area contributed by atoms with Gasteiger partial charge in [0.2, 0.25) is 0 Å². The Balaban J connectivity index is 1.35. The Labute approximate surface area is 147 Å². The number of H-pyrrole nitrogens is 1. The topological polar surface area (TPSA) is 57.3 Å². The van der Waals surface area contributed by atoms with Crippen LogP contribution in [0, 0.1) is 0 Å². The maximum atomic E-state index is 5.33. The number of methoxy groups -OCH3 is 1. The Morgan fingerprint density at radius 2 is 1.88 bits per heavy atom. The summed E-state index contributed by atoms with van der Waals surface area (Å²) in [6.07, 6.45) is 6.60. The van der Waals surface area contributed by atoms with E-state index < -0.39 is 0 Å². The molecular formula is C19H23N5O. The van der Waals surface area contributed by atoms with Crippen LogP contribution in [0.1, 0.15) is 5.56 Å². The van der Waals surface area contributed by atoms with E-state index in [2.05, 4.69) is 55.2 Å². The average Bonchev–Trinajstić information content (AvgIpc) is 3.10. The minimum absolute atomic E-state index is 0.606. The first kappa shape index (κ1) is 15.9. The van der Waals surface area contributed by atoms with Gasteiger partial charge in [0.25, 0.3) is 5.88 Å². The molecule has 25 heavy (non-hydrogen) atoms. The molecule has 0 radical (unpaired) electrons. The van der Waals surface area contributed by atoms with Gasteiger partial charge < -0.3 is 14.6 Å². The highest BCUT2D eigenvalue weighted by Crippen LogP contribution is 2.23. The van der Waals surface area contributed by atoms with E-state index in [0.29, 0.717) is 5.88 Å². The molecule has 0 saturated carbocycles. The number of piperazine rings is 1. The van der Waals surface area contributed by atoms with Crippen molar-refractivity contribution in [3.05, 3.63) is 48.4 Å². The van der Waals surface area contributed by atoms with Gasteiger partial charge >= 0.3 is 0 Å². The summed E-state index contributed by atoms with van der Waals surface area (Å²) in [6.45, 7) is 5.03. The molecule has 1 aliphatic heterocycles. The van der Waals surface area contributed by atoms with E-state index in [-0.39, 0.29) is 0 Å². The number of aromatic nitrogens is 3. The third-order valence-electron chi connectivity index (χ3n) is 4.88. The first-order valence-corrected chi connectivity index (χ1v) is 8.72. The molecule has 6 nitrogen and oxygen atoms in total. The largest absolute Gasteiger partial charge is 0.478 e. The van der Waals surface area contributed by atoms with Crippen LogP contribution in [0.15, 0.2) is 42.9 Å². The quantitative estimate of drug-likeness (QED) is 0.774. The number of aromatic amines is 1. The number of fused-ring (bicyclic) bond motifs is 1. The lowest BCUT2D eigenvalue weighted by Crippen LogP contribution is -2.47. The smallest absolute Gasteiger partial charge is 0.257 e. The summed E-state index contributed by atoms with van der Waals surface area (Å²) in [5.41, 5.74) is 2.62. The van der Waals surface area contributed by atoms with Crippen molar-refractivity contribution in [3.8, 4) is 5.88 Å². The fourth-order valence-electron chi connectivity index (χ4n) is 3.48. The van der Waals surface area contributed by atoms with Crippen LogP contribution in [0.5, 0.6) is 5.88 Å². The summed E-state index contributed by atoms with van der Waals surface area (Å²) < 4.78 is 5.33. The molecule has 4 rings (SSSR count). The monoisotopic (exact) mass is 337 g/mol. The van der Waals surface area contributed by atoms with E-state index in [4.69, 9.17) is 4.74 Å². The van der Waals surface area contributed by atoms with Crippen LogP contribution in [-0.4, -0.2) is 59.7 Å². The normalized spacial score (nSPS) is 15.6. The van der Waals surface area contributed by atoms with Crippen LogP contribution < -0.4 is 9.64 Å². The van der Waals surface area contributed by atoms with Gasteiger partial charge in [0, 0.05) is 62.2 Å². The van der Waals surface area contributed by atoms with E-state index in [0.717, 1.165) is 45.0 Å². The molecule has 0 bridgehead atoms. The number of nitrogens with one attached hydrogen (secondary N) is 1. The summed E-state index contributed by atoms with van der Waals surface area (Å²) in [4.78, 5) is 16.8. The molecule has 2 aromatic heterocycles. The lowest BCUT2D eigenvalue weighted by atomic mass is 10.1. The van der Waals surface area contributed by atoms with Crippen molar-refractivity contribution in [1.29, 1.82) is 0 Å². The second-order valence-corrected chi connectivity index (χ2v) is 6.33. The molecule has 0 aliphatic carbocycles. The fraction of sp³-hybridized carbons (Fsp3) is 0.368. The van der Waals surface area contributed by atoms with Gasteiger partial charge in [0.1, 0.15) is 0 Å². The van der Waals surface area contributed by atoms with E-state index in [9.17, 15) is 0 Å². The Kier molecular flexibility index (Phi) is 4.52. The highest BCUT2D eigenvalue weighted by atomic mass is 16.5. The Morgan fingerprint density at radius 3 is 2.72 bits per heavy atom. The van der Waals surface area contributed by atoms with Gasteiger partial charge in [-0.3, -0.25) is 4.90 Å². The van der Waals surface area contributed by atoms with Gasteiger partial charge in [-0.2, -0.15) is 0 Å². The fourth-order valence-corrected chi connectivity index (χ4v) is 3.48. The molecule has 0 atom stereocenters. The van der Waals surface area contributed by atoms with E-state index in [1.54, 1.807) is 19.5 Å². The predicted molar refractivity (Wildman–Crippen MR) is 99.2 cm³/mol. The van der Waals surface area contributed by atoms with Crippen molar-refractivity contribution in [2.45, 2.75) is 6.42 Å². The minimum atomic E-state index is 0.606. The molecule has 3 aromatic rings. The van der Waals surface area contributed by atoms with E-state index in [1.165, 1.54) is 16.5 Å². The van der Waals surface area contributed by atoms with Crippen molar-refractivity contribution in [3.63, 3.8) is 0 Å². The average molecular weight is 337 g/mol. The summed E-state index contributed by atoms with van der Waals surface area (Å²) in [5.74, 6) is 1.45. The molecule has 1 fully saturated rings. The summed E-state index contributed by atoms with van der Waals surface area (Å²) >= 11 is 0. The maximum Gasteiger partial charge on any atom is 0.257 e. The predicted octanol–water partition coefficient (Wildman–Crippen LogP) is 2.33. The summed E-state index contributed by atoms with van der Waals surface area (Å²) in [7, 11) is 1.64. The molecule has 3 heterocycles. The lowest BCUT2D eigenvalue weighted by molar-refractivity contribution is 0.259. The zero-order valence-corrected chi connectivity index (χ0v) is 14.5. The third kappa shape index (κ3) is 3.30. The molecule has 6 heteroatoms. The van der Waals surface area contributed by atoms with Gasteiger partial charge in [0.15, 0.2) is 5.82 Å². The molecule has 1 N–H and O–H groups in total. The molecular weight excluding hydrogens is 314 g/mol. The van der Waals surface area contributed by atoms with Crippen molar-refractivity contribution < 1.29 is 4.74 Å². The number of hydrogen-bond donors (Lipinski definition) is 1. The first-order chi connectivity index (χ1) is 12.3. The highest BCUT2D eigenvalue weighted by molar-refractivity contribution is 5.83. The number of ether oxygens (including phenoxy) is 1. The van der Waals surface area contributed by atoms with Crippen molar-refractivity contribution in [2.24, 2.45) is 0 Å². The molecule has 1 aromatic carbocycles. The van der Waals surface area contributed by atoms with E-state index in [1.807, 2.05) is 0 Å². The standard InChI is InChI=1S/C19H23N5O/c1-25-19-18(20-7-8-21-19)24-12-10-23(11-13-24)9-6-15-14-22-17-5-3-2-4-16(15)17/h2-5,7-8,14,22H,6,9-13H2,1H3. The SMILES string of the molecule is COc1nccnc1N1CCN(CCc2c[nH]c3ccccc23)CC1. The summed E-state index contributed by atoms with van der Waals surface area (Å²) in [5, 5.41) is 1.34. The van der Waals surface area contributed by atoms with Crippen LogP contribution in [0.3, 0.4) is 0 Å². The van der Waals surface area contributed by atoms with Crippen molar-refractivity contribution in [1.82, 2.24) is 19.9 Å². The summed E-state index contributed by atoms with van der Waals surface area (Å²) in [6, 6.07) is 8.50. The lowest BCUT2D eigenvalue weighted by Gasteiger charge is -2.35. The number of rotatable bonds is 5. The second-order valence-electron chi connectivity index (χ2n) is 6.33. The Morgan fingerprint density at radius 1 is 1.08 bits per heavy atom. The molecule has 0 unspecified atom stereocenters. The highest BCUT2D eigenvalue weighted by Gasteiger charge is 2.21. The zero-order chi connectivity index (χ0) is 17.1. The van der Waals surface area contributed by atoms with Crippen molar-refractivity contribution in [2.75, 3.05) is 44.7 Å². The molecule has 130 valence electrons. The first-order valence-electron chi connectivity index (χ1n) is 8.72. The third-order valence-corrected chi connectivity index (χ3v) is 4.88. The van der Waals surface area contributed by atoms with Gasteiger partial charge in [-0.1, -0.05) is 18.2 Å². The number of hydrogen-bond acceptors (Lipinski definition) is 5. The number of benzene rings is 1. The van der Waals surface area contributed by atoms with Crippen LogP contribution in [0.4, 0.5) is 5.82 Å². The maximum absolute atomic E-state index is 5.33. The Bertz CT molecular complexity index is 838. The molecule has 1 aliphatic rings. The second kappa shape index (κ2) is 7.11. The number of para-hydroxylation sites is 1. The van der Waals surface area contributed by atoms with Crippen LogP contribution in [0.2, 0.25) is 0 Å². The molecule has 0 spiro atoms. The van der Waals surface area contributed by atoms with E-state index >= 15 is 0 Å². The zero-order valence-electron chi connectivity index (χ0n) is 14.5. The van der Waals surface area contributed by atoms with Crippen LogP contribution in [-0.2, 0) is 6.42 Å². The van der Waals surface area contributed by atoms with Gasteiger partial charge in [-0.25, -0.2) is 9.97 Å². The van der Waals surface area contributed by atoms with Gasteiger partial charge in [-0.15, -0.1) is 0 Å². The van der Waals surface area contributed by atoms with Gasteiger partial charge in [0.05, 0.1) is 7.11 Å². The molecule has 1 saturated heterocycles. The number of nitrogens with zero attached hydrogens (tertiary/aromatic N) is 4. The molecule has 0 amide bonds. The van der Waals surface area contributed by atoms with Crippen LogP contribution >= 0.6 is 0 Å². The number of anilines is 1. The van der Waals surface area contributed by atoms with Crippen molar-refractivity contribution >= 4 is 16.7 Å². The van der Waals surface area contributed by atoms with Crippen LogP contribution in [0.25, 0.3) is 10.9 Å². The van der Waals surface area contributed by atoms with Gasteiger partial charge in [-0.05, 0) is 18.1 Å². The Hall–Kier alpha value is -2.60.